The van der Waals surface area contributed by atoms with E-state index in [4.69, 9.17) is 4.42 Å². The van der Waals surface area contributed by atoms with Crippen LogP contribution in [0.1, 0.15) is 22.5 Å². The third-order valence-electron chi connectivity index (χ3n) is 4.72. The van der Waals surface area contributed by atoms with Crippen LogP contribution in [0.15, 0.2) is 47.3 Å². The second-order valence-corrected chi connectivity index (χ2v) is 6.43. The Labute approximate surface area is 150 Å². The van der Waals surface area contributed by atoms with E-state index in [2.05, 4.69) is 9.97 Å². The van der Waals surface area contributed by atoms with E-state index in [1.54, 1.807) is 23.1 Å². The Morgan fingerprint density at radius 2 is 1.96 bits per heavy atom. The van der Waals surface area contributed by atoms with E-state index in [0.717, 1.165) is 17.6 Å². The molecule has 4 rings (SSSR count). The highest BCUT2D eigenvalue weighted by Crippen LogP contribution is 2.17. The molecule has 1 aliphatic rings. The van der Waals surface area contributed by atoms with Crippen molar-refractivity contribution in [1.82, 2.24) is 19.8 Å². The smallest absolute Gasteiger partial charge is 0.254 e. The van der Waals surface area contributed by atoms with Gasteiger partial charge in [-0.2, -0.15) is 0 Å². The van der Waals surface area contributed by atoms with Crippen molar-refractivity contribution in [3.8, 4) is 0 Å². The molecule has 0 radical (unpaired) electrons. The molecule has 3 heterocycles. The van der Waals surface area contributed by atoms with Gasteiger partial charge in [0.15, 0.2) is 12.0 Å². The van der Waals surface area contributed by atoms with Crippen LogP contribution in [0, 0.1) is 0 Å². The van der Waals surface area contributed by atoms with Crippen molar-refractivity contribution < 1.29 is 14.0 Å². The van der Waals surface area contributed by atoms with Gasteiger partial charge in [0.05, 0.1) is 6.42 Å². The zero-order chi connectivity index (χ0) is 17.9. The molecule has 0 bridgehead atoms. The first kappa shape index (κ1) is 16.4. The molecule has 0 saturated carbocycles. The molecule has 1 aromatic carbocycles. The molecule has 1 fully saturated rings. The van der Waals surface area contributed by atoms with E-state index in [1.165, 1.54) is 6.39 Å². The van der Waals surface area contributed by atoms with Gasteiger partial charge in [-0.25, -0.2) is 4.98 Å². The van der Waals surface area contributed by atoms with E-state index < -0.39 is 0 Å². The van der Waals surface area contributed by atoms with Gasteiger partial charge in [-0.15, -0.1) is 0 Å². The lowest BCUT2D eigenvalue weighted by Gasteiger charge is -2.22. The summed E-state index contributed by atoms with van der Waals surface area (Å²) in [4.78, 5) is 36.0. The number of H-pyrrole nitrogens is 1. The first-order valence-corrected chi connectivity index (χ1v) is 8.73. The molecule has 2 aromatic heterocycles. The van der Waals surface area contributed by atoms with Crippen LogP contribution in [-0.2, 0) is 11.2 Å². The normalized spacial score (nSPS) is 15.2. The minimum atomic E-state index is -0.0398. The molecule has 1 saturated heterocycles. The Balaban J connectivity index is 1.41. The second kappa shape index (κ2) is 7.03. The highest BCUT2D eigenvalue weighted by molar-refractivity contribution is 5.97. The maximum Gasteiger partial charge on any atom is 0.254 e. The lowest BCUT2D eigenvalue weighted by Crippen LogP contribution is -2.38. The Kier molecular flexibility index (Phi) is 4.43. The van der Waals surface area contributed by atoms with Crippen molar-refractivity contribution in [3.05, 3.63) is 54.2 Å². The van der Waals surface area contributed by atoms with E-state index in [0.29, 0.717) is 43.7 Å². The number of carbonyl (C=O) groups excluding carboxylic acids is 2. The fraction of sp³-hybridized carbons (Fsp3) is 0.316. The first-order valence-electron chi connectivity index (χ1n) is 8.73. The summed E-state index contributed by atoms with van der Waals surface area (Å²) in [7, 11) is 0. The Morgan fingerprint density at radius 3 is 2.81 bits per heavy atom. The van der Waals surface area contributed by atoms with Crippen LogP contribution in [0.25, 0.3) is 11.1 Å². The summed E-state index contributed by atoms with van der Waals surface area (Å²) in [6.07, 6.45) is 4.32. The largest absolute Gasteiger partial charge is 0.443 e. The number of oxazole rings is 1. The van der Waals surface area contributed by atoms with Gasteiger partial charge in [0.2, 0.25) is 5.91 Å². The van der Waals surface area contributed by atoms with E-state index in [9.17, 15) is 9.59 Å². The maximum absolute atomic E-state index is 12.8. The lowest BCUT2D eigenvalue weighted by atomic mass is 10.1. The average molecular weight is 352 g/mol. The molecule has 26 heavy (non-hydrogen) atoms. The van der Waals surface area contributed by atoms with Crippen molar-refractivity contribution in [2.45, 2.75) is 12.8 Å². The van der Waals surface area contributed by atoms with Gasteiger partial charge in [0.1, 0.15) is 5.52 Å². The Hall–Kier alpha value is -3.09. The second-order valence-electron chi connectivity index (χ2n) is 6.43. The highest BCUT2D eigenvalue weighted by atomic mass is 16.3. The summed E-state index contributed by atoms with van der Waals surface area (Å²) in [6.45, 7) is 2.39. The van der Waals surface area contributed by atoms with E-state index in [-0.39, 0.29) is 11.8 Å². The van der Waals surface area contributed by atoms with E-state index >= 15 is 0 Å². The number of hydrogen-bond donors (Lipinski definition) is 1. The quantitative estimate of drug-likeness (QED) is 0.782. The minimum absolute atomic E-state index is 0.0398. The number of hydrogen-bond acceptors (Lipinski definition) is 4. The van der Waals surface area contributed by atoms with Crippen molar-refractivity contribution in [3.63, 3.8) is 0 Å². The molecule has 2 amide bonds. The number of fused-ring (bicyclic) bond motifs is 1. The molecular weight excluding hydrogens is 332 g/mol. The van der Waals surface area contributed by atoms with Gasteiger partial charge < -0.3 is 19.2 Å². The monoisotopic (exact) mass is 352 g/mol. The zero-order valence-electron chi connectivity index (χ0n) is 14.4. The summed E-state index contributed by atoms with van der Waals surface area (Å²) >= 11 is 0. The molecule has 0 atom stereocenters. The van der Waals surface area contributed by atoms with Crippen molar-refractivity contribution in [2.75, 3.05) is 26.2 Å². The maximum atomic E-state index is 12.8. The SMILES string of the molecule is O=C(Cc1ccc[nH]1)N1CCCN(C(=O)c2ccc3ncoc3c2)CC1. The van der Waals surface area contributed by atoms with Crippen LogP contribution < -0.4 is 0 Å². The van der Waals surface area contributed by atoms with Crippen LogP contribution >= 0.6 is 0 Å². The zero-order valence-corrected chi connectivity index (χ0v) is 14.4. The van der Waals surface area contributed by atoms with Gasteiger partial charge >= 0.3 is 0 Å². The van der Waals surface area contributed by atoms with Gasteiger partial charge in [-0.05, 0) is 36.8 Å². The molecule has 7 heteroatoms. The third kappa shape index (κ3) is 3.33. The van der Waals surface area contributed by atoms with Gasteiger partial charge in [0, 0.05) is 43.6 Å². The Morgan fingerprint density at radius 1 is 1.12 bits per heavy atom. The predicted octanol–water partition coefficient (Wildman–Crippen LogP) is 2.07. The van der Waals surface area contributed by atoms with Gasteiger partial charge in [0.25, 0.3) is 5.91 Å². The number of aromatic nitrogens is 2. The number of carbonyl (C=O) groups is 2. The Bertz CT molecular complexity index is 916. The third-order valence-corrected chi connectivity index (χ3v) is 4.72. The average Bonchev–Trinajstić information content (AvgIpc) is 3.27. The number of rotatable bonds is 3. The molecular formula is C19H20N4O3. The van der Waals surface area contributed by atoms with Crippen LogP contribution in [0.3, 0.4) is 0 Å². The molecule has 3 aromatic rings. The molecule has 7 nitrogen and oxygen atoms in total. The molecule has 1 N–H and O–H groups in total. The molecule has 0 spiro atoms. The van der Waals surface area contributed by atoms with Crippen molar-refractivity contribution >= 4 is 22.9 Å². The van der Waals surface area contributed by atoms with Gasteiger partial charge in [-0.3, -0.25) is 9.59 Å². The molecule has 134 valence electrons. The molecule has 0 aliphatic carbocycles. The fourth-order valence-corrected chi connectivity index (χ4v) is 3.29. The topological polar surface area (TPSA) is 82.4 Å². The lowest BCUT2D eigenvalue weighted by molar-refractivity contribution is -0.130. The summed E-state index contributed by atoms with van der Waals surface area (Å²) < 4.78 is 5.28. The number of nitrogens with one attached hydrogen (secondary N) is 1. The fourth-order valence-electron chi connectivity index (χ4n) is 3.29. The first-order chi connectivity index (χ1) is 12.7. The van der Waals surface area contributed by atoms with Gasteiger partial charge in [-0.1, -0.05) is 0 Å². The molecule has 1 aliphatic heterocycles. The number of benzene rings is 1. The van der Waals surface area contributed by atoms with Crippen LogP contribution in [0.2, 0.25) is 0 Å². The highest BCUT2D eigenvalue weighted by Gasteiger charge is 2.23. The van der Waals surface area contributed by atoms with Crippen molar-refractivity contribution in [1.29, 1.82) is 0 Å². The van der Waals surface area contributed by atoms with Crippen LogP contribution in [0.5, 0.6) is 0 Å². The standard InChI is InChI=1S/C19H20N4O3/c24-18(12-15-3-1-6-20-15)22-7-2-8-23(10-9-22)19(25)14-4-5-16-17(11-14)26-13-21-16/h1,3-6,11,13,20H,2,7-10,12H2. The predicted molar refractivity (Wildman–Crippen MR) is 95.6 cm³/mol. The molecule has 0 unspecified atom stereocenters. The van der Waals surface area contributed by atoms with Crippen molar-refractivity contribution in [2.24, 2.45) is 0 Å². The van der Waals surface area contributed by atoms with E-state index in [1.807, 2.05) is 23.2 Å². The minimum Gasteiger partial charge on any atom is -0.443 e. The van der Waals surface area contributed by atoms with Crippen LogP contribution in [-0.4, -0.2) is 57.8 Å². The number of amides is 2. The van der Waals surface area contributed by atoms with Crippen LogP contribution in [0.4, 0.5) is 0 Å². The summed E-state index contributed by atoms with van der Waals surface area (Å²) in [5.41, 5.74) is 2.83. The summed E-state index contributed by atoms with van der Waals surface area (Å²) in [6, 6.07) is 9.08. The number of aromatic amines is 1. The number of nitrogens with zero attached hydrogens (tertiary/aromatic N) is 3. The summed E-state index contributed by atoms with van der Waals surface area (Å²) in [5.74, 6) is 0.0480. The summed E-state index contributed by atoms with van der Waals surface area (Å²) in [5, 5.41) is 0.